The van der Waals surface area contributed by atoms with Crippen LogP contribution in [0.15, 0.2) is 83.2 Å². The predicted octanol–water partition coefficient (Wildman–Crippen LogP) is 11.2. The van der Waals surface area contributed by atoms with E-state index in [1.807, 2.05) is 6.21 Å². The zero-order chi connectivity index (χ0) is 31.5. The summed E-state index contributed by atoms with van der Waals surface area (Å²) in [4.78, 5) is 12.4. The lowest BCUT2D eigenvalue weighted by atomic mass is 9.89. The molecular weight excluding hydrogens is 534 g/mol. The van der Waals surface area contributed by atoms with E-state index in [1.165, 1.54) is 80.0 Å². The summed E-state index contributed by atoms with van der Waals surface area (Å²) in [5, 5.41) is 1.25. The molecule has 2 aliphatic rings. The topological polar surface area (TPSA) is 28.5 Å². The van der Waals surface area contributed by atoms with Crippen LogP contribution >= 0.6 is 0 Å². The van der Waals surface area contributed by atoms with Crippen molar-refractivity contribution in [1.29, 1.82) is 0 Å². The number of unbranched alkanes of at least 4 members (excludes halogenated alkanes) is 6. The normalized spacial score (nSPS) is 20.8. The summed E-state index contributed by atoms with van der Waals surface area (Å²) in [7, 11) is 0. The molecule has 3 heteroatoms. The van der Waals surface area contributed by atoms with Crippen molar-refractivity contribution in [3.63, 3.8) is 0 Å². The summed E-state index contributed by atoms with van der Waals surface area (Å²) in [6.07, 6.45) is 21.4. The highest BCUT2D eigenvalue weighted by Gasteiger charge is 2.58. The summed E-state index contributed by atoms with van der Waals surface area (Å²) < 4.78 is 0. The van der Waals surface area contributed by atoms with Crippen molar-refractivity contribution < 1.29 is 0 Å². The van der Waals surface area contributed by atoms with Gasteiger partial charge in [-0.15, -0.1) is 0 Å². The average Bonchev–Trinajstić information content (AvgIpc) is 3.51. The largest absolute Gasteiger partial charge is 0.357 e. The summed E-state index contributed by atoms with van der Waals surface area (Å²) in [5.74, 6) is 3.95. The van der Waals surface area contributed by atoms with Gasteiger partial charge in [-0.25, -0.2) is 4.99 Å². The Morgan fingerprint density at radius 3 is 2.43 bits per heavy atom. The fourth-order valence-corrected chi connectivity index (χ4v) is 7.38. The van der Waals surface area contributed by atoms with Crippen molar-refractivity contribution >= 4 is 17.1 Å². The number of rotatable bonds is 19. The van der Waals surface area contributed by atoms with Crippen LogP contribution in [0.4, 0.5) is 0 Å². The van der Waals surface area contributed by atoms with E-state index in [4.69, 9.17) is 9.98 Å². The van der Waals surface area contributed by atoms with Gasteiger partial charge in [0.25, 0.3) is 0 Å². The Kier molecular flexibility index (Phi) is 13.1. The highest BCUT2D eigenvalue weighted by Crippen LogP contribution is 2.57. The molecule has 0 spiro atoms. The van der Waals surface area contributed by atoms with Crippen molar-refractivity contribution in [2.45, 2.75) is 112 Å². The minimum atomic E-state index is 0.715. The summed E-state index contributed by atoms with van der Waals surface area (Å²) in [6.45, 7) is 22.2. The van der Waals surface area contributed by atoms with E-state index in [9.17, 15) is 0 Å². The molecule has 1 aromatic carbocycles. The van der Waals surface area contributed by atoms with Crippen molar-refractivity contribution in [3.8, 4) is 0 Å². The van der Waals surface area contributed by atoms with Crippen LogP contribution in [0.25, 0.3) is 10.9 Å². The average molecular weight is 594 g/mol. The summed E-state index contributed by atoms with van der Waals surface area (Å²) >= 11 is 0. The highest BCUT2D eigenvalue weighted by atomic mass is 15.3. The Bertz CT molecular complexity index is 1330. The number of piperidine rings is 1. The Morgan fingerprint density at radius 1 is 0.977 bits per heavy atom. The molecule has 3 atom stereocenters. The molecule has 0 N–H and O–H groups in total. The number of aryl methyl sites for hydroxylation is 1. The minimum absolute atomic E-state index is 0.715. The molecule has 1 saturated carbocycles. The molecule has 0 amide bonds. The van der Waals surface area contributed by atoms with E-state index in [0.29, 0.717) is 5.92 Å². The van der Waals surface area contributed by atoms with Gasteiger partial charge in [0, 0.05) is 30.4 Å². The lowest BCUT2D eigenvalue weighted by molar-refractivity contribution is 0.290. The second kappa shape index (κ2) is 16.9. The number of nitrogens with zero attached hydrogens (tertiary/aromatic N) is 3. The van der Waals surface area contributed by atoms with E-state index < -0.39 is 0 Å². The van der Waals surface area contributed by atoms with Gasteiger partial charge >= 0.3 is 0 Å². The maximum Gasteiger partial charge on any atom is 0.121 e. The van der Waals surface area contributed by atoms with Crippen molar-refractivity contribution in [3.05, 3.63) is 89.4 Å². The van der Waals surface area contributed by atoms with Gasteiger partial charge in [-0.2, -0.15) is 0 Å². The number of pyridine rings is 1. The third-order valence-corrected chi connectivity index (χ3v) is 10.1. The van der Waals surface area contributed by atoms with Crippen LogP contribution in [0.1, 0.15) is 110 Å². The van der Waals surface area contributed by atoms with Crippen molar-refractivity contribution in [1.82, 2.24) is 9.88 Å². The summed E-state index contributed by atoms with van der Waals surface area (Å²) in [5.41, 5.74) is 7.33. The summed E-state index contributed by atoms with van der Waals surface area (Å²) in [6, 6.07) is 11.1. The maximum absolute atomic E-state index is 5.07. The Balaban J connectivity index is 1.33. The van der Waals surface area contributed by atoms with Crippen LogP contribution in [0, 0.1) is 30.6 Å². The van der Waals surface area contributed by atoms with Crippen LogP contribution in [0.3, 0.4) is 0 Å². The molecule has 1 aromatic heterocycles. The second-order valence-electron chi connectivity index (χ2n) is 13.5. The fraction of sp³-hybridized carbons (Fsp3) is 0.561. The fourth-order valence-electron chi connectivity index (χ4n) is 7.38. The first-order valence-corrected chi connectivity index (χ1v) is 17.8. The molecule has 2 heterocycles. The van der Waals surface area contributed by atoms with Gasteiger partial charge in [0.2, 0.25) is 0 Å². The molecule has 1 saturated heterocycles. The van der Waals surface area contributed by atoms with Crippen LogP contribution in [-0.2, 0) is 6.42 Å². The predicted molar refractivity (Wildman–Crippen MR) is 192 cm³/mol. The number of aromatic nitrogens is 1. The van der Waals surface area contributed by atoms with E-state index in [1.54, 1.807) is 0 Å². The molecule has 238 valence electrons. The first-order valence-electron chi connectivity index (χ1n) is 17.8. The number of benzene rings is 1. The third kappa shape index (κ3) is 9.05. The lowest BCUT2D eigenvalue weighted by Crippen LogP contribution is -2.25. The minimum Gasteiger partial charge on any atom is -0.357 e. The number of allylic oxidation sites excluding steroid dienone is 5. The van der Waals surface area contributed by atoms with E-state index in [2.05, 4.69) is 95.2 Å². The van der Waals surface area contributed by atoms with Gasteiger partial charge in [-0.1, -0.05) is 102 Å². The second-order valence-corrected chi connectivity index (χ2v) is 13.5. The smallest absolute Gasteiger partial charge is 0.121 e. The van der Waals surface area contributed by atoms with Gasteiger partial charge in [-0.3, -0.25) is 4.98 Å². The monoisotopic (exact) mass is 593 g/mol. The Hall–Kier alpha value is -2.94. The molecule has 44 heavy (non-hydrogen) atoms. The SMILES string of the molecule is C=C(C(/C=N\C(=C)N1CC2C(C1)C2C(CCCC)Cc1ccc2cc(C)ccc2n1)=C/C)/C(=C/CCCCCC)CCCC. The van der Waals surface area contributed by atoms with Gasteiger partial charge in [0.15, 0.2) is 0 Å². The standard InChI is InChI=1S/C41H59N3/c1-8-12-15-16-17-20-34(18-13-9-2)31(6)33(11-4)27-42-32(7)44-28-38-39(29-44)41(38)36(19-14-10-3)26-37-23-22-35-25-30(5)21-24-40(35)43-37/h11,20-25,27,36,38-39,41H,6-10,12-19,26,28-29H2,1-5H3/b33-11+,34-20+,42-27-. The zero-order valence-corrected chi connectivity index (χ0v) is 28.6. The quantitative estimate of drug-likeness (QED) is 0.0920. The van der Waals surface area contributed by atoms with Crippen LogP contribution in [0.5, 0.6) is 0 Å². The zero-order valence-electron chi connectivity index (χ0n) is 28.6. The highest BCUT2D eigenvalue weighted by molar-refractivity contribution is 5.87. The Labute approximate surface area is 269 Å². The molecule has 2 fully saturated rings. The maximum atomic E-state index is 5.07. The van der Waals surface area contributed by atoms with Crippen LogP contribution in [-0.4, -0.2) is 29.2 Å². The van der Waals surface area contributed by atoms with Crippen LogP contribution in [0.2, 0.25) is 0 Å². The number of hydrogen-bond acceptors (Lipinski definition) is 3. The molecule has 0 radical (unpaired) electrons. The molecule has 3 nitrogen and oxygen atoms in total. The molecular formula is C41H59N3. The van der Waals surface area contributed by atoms with Gasteiger partial charge in [-0.05, 0) is 111 Å². The molecule has 2 aromatic rings. The van der Waals surface area contributed by atoms with Gasteiger partial charge < -0.3 is 4.90 Å². The number of likely N-dealkylation sites (tertiary alicyclic amines) is 1. The third-order valence-electron chi connectivity index (χ3n) is 10.1. The number of aliphatic imine (C=N–C) groups is 1. The lowest BCUT2D eigenvalue weighted by Gasteiger charge is -2.25. The van der Waals surface area contributed by atoms with Gasteiger partial charge in [0.1, 0.15) is 5.82 Å². The molecule has 1 aliphatic heterocycles. The van der Waals surface area contributed by atoms with E-state index in [-0.39, 0.29) is 0 Å². The first kappa shape index (κ1) is 33.9. The number of fused-ring (bicyclic) bond motifs is 2. The molecule has 1 aliphatic carbocycles. The van der Waals surface area contributed by atoms with Crippen molar-refractivity contribution in [2.75, 3.05) is 13.1 Å². The van der Waals surface area contributed by atoms with E-state index >= 15 is 0 Å². The Morgan fingerprint density at radius 2 is 1.73 bits per heavy atom. The van der Waals surface area contributed by atoms with E-state index in [0.717, 1.165) is 72.6 Å². The van der Waals surface area contributed by atoms with Crippen LogP contribution < -0.4 is 0 Å². The molecule has 3 unspecified atom stereocenters. The van der Waals surface area contributed by atoms with Gasteiger partial charge in [0.05, 0.1) is 5.52 Å². The number of hydrogen-bond donors (Lipinski definition) is 0. The molecule has 4 rings (SSSR count). The first-order chi connectivity index (χ1) is 21.4. The van der Waals surface area contributed by atoms with Crippen molar-refractivity contribution in [2.24, 2.45) is 28.7 Å². The molecule has 0 bridgehead atoms.